The van der Waals surface area contributed by atoms with Crippen LogP contribution in [0.3, 0.4) is 0 Å². The van der Waals surface area contributed by atoms with Crippen LogP contribution in [0.25, 0.3) is 6.08 Å². The van der Waals surface area contributed by atoms with E-state index in [-0.39, 0.29) is 10.8 Å². The fraction of sp³-hybridized carbons (Fsp3) is 0.385. The van der Waals surface area contributed by atoms with E-state index in [9.17, 15) is 4.79 Å². The number of cyclic esters (lactones) is 1. The zero-order chi connectivity index (χ0) is 22.3. The van der Waals surface area contributed by atoms with Gasteiger partial charge in [0.2, 0.25) is 5.90 Å². The van der Waals surface area contributed by atoms with E-state index < -0.39 is 5.97 Å². The van der Waals surface area contributed by atoms with Gasteiger partial charge in [0.25, 0.3) is 0 Å². The highest BCUT2D eigenvalue weighted by Gasteiger charge is 2.27. The van der Waals surface area contributed by atoms with Gasteiger partial charge in [0, 0.05) is 25.3 Å². The highest BCUT2D eigenvalue weighted by Crippen LogP contribution is 2.31. The first-order valence-electron chi connectivity index (χ1n) is 10.3. The van der Waals surface area contributed by atoms with Crippen molar-refractivity contribution in [2.24, 2.45) is 4.99 Å². The van der Waals surface area contributed by atoms with Gasteiger partial charge in [-0.1, -0.05) is 59.7 Å². The molecule has 0 saturated heterocycles. The van der Waals surface area contributed by atoms with Crippen molar-refractivity contribution >= 4 is 23.6 Å². The number of nitrogens with zero attached hydrogens (tertiary/aromatic N) is 2. The fourth-order valence-corrected chi connectivity index (χ4v) is 3.18. The number of carbonyl (C=O) groups is 1. The summed E-state index contributed by atoms with van der Waals surface area (Å²) in [7, 11) is 3.99. The van der Waals surface area contributed by atoms with Crippen molar-refractivity contribution in [2.75, 3.05) is 19.0 Å². The average Bonchev–Trinajstić information content (AvgIpc) is 3.01. The second-order valence-electron chi connectivity index (χ2n) is 10.1. The number of benzene rings is 2. The largest absolute Gasteiger partial charge is 0.402 e. The normalized spacial score (nSPS) is 15.9. The highest BCUT2D eigenvalue weighted by atomic mass is 16.6. The van der Waals surface area contributed by atoms with Crippen molar-refractivity contribution in [3.8, 4) is 0 Å². The van der Waals surface area contributed by atoms with Gasteiger partial charge in [0.05, 0.1) is 0 Å². The van der Waals surface area contributed by atoms with Crippen LogP contribution in [-0.4, -0.2) is 26.0 Å². The van der Waals surface area contributed by atoms with Gasteiger partial charge < -0.3 is 9.64 Å². The summed E-state index contributed by atoms with van der Waals surface area (Å²) >= 11 is 0. The van der Waals surface area contributed by atoms with Gasteiger partial charge in [-0.2, -0.15) is 0 Å². The first kappa shape index (κ1) is 21.8. The van der Waals surface area contributed by atoms with E-state index in [1.54, 1.807) is 6.08 Å². The van der Waals surface area contributed by atoms with Gasteiger partial charge in [-0.15, -0.1) is 0 Å². The monoisotopic (exact) mass is 404 g/mol. The minimum atomic E-state index is -0.417. The number of carbonyl (C=O) groups excluding carboxylic acids is 1. The second-order valence-corrected chi connectivity index (χ2v) is 10.1. The molecular formula is C26H32N2O2. The molecule has 1 heterocycles. The van der Waals surface area contributed by atoms with Gasteiger partial charge in [0.1, 0.15) is 0 Å². The quantitative estimate of drug-likeness (QED) is 0.487. The lowest BCUT2D eigenvalue weighted by Crippen LogP contribution is -2.18. The molecule has 0 radical (unpaired) electrons. The maximum atomic E-state index is 12.5. The Morgan fingerprint density at radius 3 is 1.87 bits per heavy atom. The van der Waals surface area contributed by atoms with Crippen LogP contribution in [0.4, 0.5) is 5.69 Å². The molecule has 2 aromatic rings. The molecule has 158 valence electrons. The van der Waals surface area contributed by atoms with Crippen LogP contribution < -0.4 is 4.90 Å². The molecule has 0 unspecified atom stereocenters. The van der Waals surface area contributed by atoms with Crippen molar-refractivity contribution in [2.45, 2.75) is 52.4 Å². The summed E-state index contributed by atoms with van der Waals surface area (Å²) in [5, 5.41) is 0. The molecule has 0 bridgehead atoms. The zero-order valence-electron chi connectivity index (χ0n) is 19.3. The van der Waals surface area contributed by atoms with Gasteiger partial charge in [-0.25, -0.2) is 9.79 Å². The van der Waals surface area contributed by atoms with E-state index in [1.165, 1.54) is 11.1 Å². The predicted octanol–water partition coefficient (Wildman–Crippen LogP) is 5.69. The summed E-state index contributed by atoms with van der Waals surface area (Å²) in [6.07, 6.45) is 1.77. The Morgan fingerprint density at radius 1 is 0.867 bits per heavy atom. The number of hydrogen-bond donors (Lipinski definition) is 0. The summed E-state index contributed by atoms with van der Waals surface area (Å²) in [6.45, 7) is 13.1. The highest BCUT2D eigenvalue weighted by molar-refractivity contribution is 6.13. The third-order valence-electron chi connectivity index (χ3n) is 5.25. The van der Waals surface area contributed by atoms with Crippen LogP contribution >= 0.6 is 0 Å². The van der Waals surface area contributed by atoms with E-state index in [0.717, 1.165) is 16.8 Å². The molecule has 0 aromatic heterocycles. The lowest BCUT2D eigenvalue weighted by atomic mass is 9.79. The summed E-state index contributed by atoms with van der Waals surface area (Å²) in [5.41, 5.74) is 5.52. The molecule has 1 aliphatic heterocycles. The number of ether oxygens (including phenoxy) is 1. The Bertz CT molecular complexity index is 982. The van der Waals surface area contributed by atoms with Gasteiger partial charge >= 0.3 is 5.97 Å². The standard InChI is InChI=1S/C26H32N2O2/c1-25(2,3)19-14-18(15-20(16-19)26(4,5)6)23-27-22(24(29)30-23)13-17-9-11-21(12-10-17)28(7)8/h9-16H,1-8H3/b22-13+. The van der Waals surface area contributed by atoms with Gasteiger partial charge in [0.15, 0.2) is 5.70 Å². The molecule has 4 heteroatoms. The SMILES string of the molecule is CN(C)c1ccc(/C=C2/N=C(c3cc(C(C)(C)C)cc(C(C)(C)C)c3)OC2=O)cc1. The van der Waals surface area contributed by atoms with Crippen molar-refractivity contribution in [3.05, 3.63) is 70.4 Å². The number of esters is 1. The minimum Gasteiger partial charge on any atom is -0.402 e. The summed E-state index contributed by atoms with van der Waals surface area (Å²) in [5.74, 6) is -0.0482. The smallest absolute Gasteiger partial charge is 0.363 e. The second kappa shape index (κ2) is 7.75. The van der Waals surface area contributed by atoms with E-state index in [2.05, 4.69) is 64.7 Å². The maximum absolute atomic E-state index is 12.5. The Balaban J connectivity index is 2.01. The van der Waals surface area contributed by atoms with Gasteiger partial charge in [-0.05, 0) is 57.9 Å². The number of anilines is 1. The molecule has 1 aliphatic rings. The van der Waals surface area contributed by atoms with Crippen LogP contribution in [-0.2, 0) is 20.4 Å². The predicted molar refractivity (Wildman–Crippen MR) is 125 cm³/mol. The molecule has 0 atom stereocenters. The topological polar surface area (TPSA) is 41.9 Å². The van der Waals surface area contributed by atoms with Crippen molar-refractivity contribution in [1.82, 2.24) is 0 Å². The fourth-order valence-electron chi connectivity index (χ4n) is 3.18. The van der Waals surface area contributed by atoms with Gasteiger partial charge in [-0.3, -0.25) is 0 Å². The molecule has 0 N–H and O–H groups in total. The van der Waals surface area contributed by atoms with Crippen LogP contribution in [0.15, 0.2) is 53.2 Å². The third kappa shape index (κ3) is 4.81. The first-order valence-corrected chi connectivity index (χ1v) is 10.3. The van der Waals surface area contributed by atoms with Crippen LogP contribution in [0.1, 0.15) is 63.8 Å². The summed E-state index contributed by atoms with van der Waals surface area (Å²) in [6, 6.07) is 14.4. The molecule has 4 nitrogen and oxygen atoms in total. The lowest BCUT2D eigenvalue weighted by Gasteiger charge is -2.26. The van der Waals surface area contributed by atoms with Crippen LogP contribution in [0.5, 0.6) is 0 Å². The molecular weight excluding hydrogens is 372 g/mol. The number of rotatable bonds is 3. The molecule has 0 saturated carbocycles. The molecule has 3 rings (SSSR count). The van der Waals surface area contributed by atoms with E-state index >= 15 is 0 Å². The molecule has 0 aliphatic carbocycles. The molecule has 0 fully saturated rings. The van der Waals surface area contributed by atoms with Crippen LogP contribution in [0, 0.1) is 0 Å². The summed E-state index contributed by atoms with van der Waals surface area (Å²) < 4.78 is 5.56. The molecule has 30 heavy (non-hydrogen) atoms. The zero-order valence-corrected chi connectivity index (χ0v) is 19.3. The summed E-state index contributed by atoms with van der Waals surface area (Å²) in [4.78, 5) is 19.1. The third-order valence-corrected chi connectivity index (χ3v) is 5.25. The minimum absolute atomic E-state index is 0.0218. The van der Waals surface area contributed by atoms with Crippen molar-refractivity contribution < 1.29 is 9.53 Å². The maximum Gasteiger partial charge on any atom is 0.363 e. The number of aliphatic imine (C=N–C) groups is 1. The average molecular weight is 405 g/mol. The van der Waals surface area contributed by atoms with E-state index in [4.69, 9.17) is 4.74 Å². The lowest BCUT2D eigenvalue weighted by molar-refractivity contribution is -0.129. The van der Waals surface area contributed by atoms with E-state index in [1.807, 2.05) is 43.3 Å². The molecule has 2 aromatic carbocycles. The molecule has 0 amide bonds. The van der Waals surface area contributed by atoms with E-state index in [0.29, 0.717) is 11.6 Å². The Labute approximate surface area is 180 Å². The molecule has 0 spiro atoms. The van der Waals surface area contributed by atoms with Crippen LogP contribution in [0.2, 0.25) is 0 Å². The number of hydrogen-bond acceptors (Lipinski definition) is 4. The Hall–Kier alpha value is -2.88. The Kier molecular flexibility index (Phi) is 5.64. The van der Waals surface area contributed by atoms with Crippen molar-refractivity contribution in [3.63, 3.8) is 0 Å². The Morgan fingerprint density at radius 2 is 1.40 bits per heavy atom. The van der Waals surface area contributed by atoms with Crippen molar-refractivity contribution in [1.29, 1.82) is 0 Å². The first-order chi connectivity index (χ1) is 13.8.